The standard InChI is InChI=1S/C9H9ClN4/c1-14-8(9(11)12-13-14)6-4-2-3-5-7(6)10/h2-5H,11H2,1H3. The van der Waals surface area contributed by atoms with E-state index in [4.69, 9.17) is 17.3 Å². The summed E-state index contributed by atoms with van der Waals surface area (Å²) in [7, 11) is 1.78. The van der Waals surface area contributed by atoms with E-state index in [-0.39, 0.29) is 0 Å². The Morgan fingerprint density at radius 1 is 1.36 bits per heavy atom. The number of hydrogen-bond acceptors (Lipinski definition) is 3. The fraction of sp³-hybridized carbons (Fsp3) is 0.111. The van der Waals surface area contributed by atoms with E-state index in [1.165, 1.54) is 0 Å². The van der Waals surface area contributed by atoms with Crippen LogP contribution in [0.25, 0.3) is 11.3 Å². The number of aromatic nitrogens is 3. The van der Waals surface area contributed by atoms with Crippen LogP contribution in [0.4, 0.5) is 5.82 Å². The Balaban J connectivity index is 2.66. The molecule has 0 saturated heterocycles. The maximum atomic E-state index is 6.04. The lowest BCUT2D eigenvalue weighted by molar-refractivity contribution is 0.721. The first-order valence-corrected chi connectivity index (χ1v) is 4.48. The van der Waals surface area contributed by atoms with E-state index < -0.39 is 0 Å². The Morgan fingerprint density at radius 2 is 2.07 bits per heavy atom. The van der Waals surface area contributed by atoms with Gasteiger partial charge in [0.05, 0.1) is 5.02 Å². The van der Waals surface area contributed by atoms with Gasteiger partial charge in [-0.25, -0.2) is 4.68 Å². The van der Waals surface area contributed by atoms with E-state index in [9.17, 15) is 0 Å². The molecule has 1 aromatic heterocycles. The van der Waals surface area contributed by atoms with E-state index in [0.717, 1.165) is 11.3 Å². The lowest BCUT2D eigenvalue weighted by atomic mass is 10.1. The molecule has 0 unspecified atom stereocenters. The molecule has 0 saturated carbocycles. The van der Waals surface area contributed by atoms with Crippen LogP contribution in [0.1, 0.15) is 0 Å². The largest absolute Gasteiger partial charge is 0.380 e. The maximum Gasteiger partial charge on any atom is 0.174 e. The molecule has 72 valence electrons. The molecule has 14 heavy (non-hydrogen) atoms. The molecule has 2 aromatic rings. The average molecular weight is 209 g/mol. The lowest BCUT2D eigenvalue weighted by Crippen LogP contribution is -1.96. The first kappa shape index (κ1) is 9.02. The molecule has 4 nitrogen and oxygen atoms in total. The molecule has 0 aliphatic carbocycles. The highest BCUT2D eigenvalue weighted by Crippen LogP contribution is 2.29. The maximum absolute atomic E-state index is 6.04. The van der Waals surface area contributed by atoms with E-state index in [1.807, 2.05) is 24.3 Å². The van der Waals surface area contributed by atoms with Gasteiger partial charge in [-0.15, -0.1) is 5.10 Å². The van der Waals surface area contributed by atoms with Crippen molar-refractivity contribution >= 4 is 17.4 Å². The molecule has 0 radical (unpaired) electrons. The first-order chi connectivity index (χ1) is 6.70. The van der Waals surface area contributed by atoms with E-state index in [1.54, 1.807) is 11.7 Å². The fourth-order valence-corrected chi connectivity index (χ4v) is 1.56. The molecule has 0 fully saturated rings. The summed E-state index contributed by atoms with van der Waals surface area (Å²) in [5, 5.41) is 8.23. The summed E-state index contributed by atoms with van der Waals surface area (Å²) in [5.74, 6) is 0.389. The summed E-state index contributed by atoms with van der Waals surface area (Å²) >= 11 is 6.04. The van der Waals surface area contributed by atoms with E-state index >= 15 is 0 Å². The number of nitrogens with zero attached hydrogens (tertiary/aromatic N) is 3. The number of aryl methyl sites for hydroxylation is 1. The van der Waals surface area contributed by atoms with Crippen LogP contribution in [0.5, 0.6) is 0 Å². The molecular weight excluding hydrogens is 200 g/mol. The third-order valence-corrected chi connectivity index (χ3v) is 2.31. The van der Waals surface area contributed by atoms with Gasteiger partial charge >= 0.3 is 0 Å². The Bertz CT molecular complexity index is 444. The van der Waals surface area contributed by atoms with Gasteiger partial charge in [0, 0.05) is 12.6 Å². The van der Waals surface area contributed by atoms with E-state index in [0.29, 0.717) is 10.8 Å². The van der Waals surface area contributed by atoms with Crippen molar-refractivity contribution in [2.45, 2.75) is 0 Å². The number of nitrogens with two attached hydrogens (primary N) is 1. The Kier molecular flexibility index (Phi) is 2.13. The van der Waals surface area contributed by atoms with Crippen LogP contribution < -0.4 is 5.73 Å². The van der Waals surface area contributed by atoms with E-state index in [2.05, 4.69) is 10.3 Å². The van der Waals surface area contributed by atoms with Gasteiger partial charge in [0.2, 0.25) is 0 Å². The molecule has 1 aromatic carbocycles. The summed E-state index contributed by atoms with van der Waals surface area (Å²) in [6, 6.07) is 7.46. The molecule has 0 amide bonds. The summed E-state index contributed by atoms with van der Waals surface area (Å²) in [4.78, 5) is 0. The van der Waals surface area contributed by atoms with Crippen LogP contribution in [0.2, 0.25) is 5.02 Å². The number of benzene rings is 1. The van der Waals surface area contributed by atoms with Gasteiger partial charge in [-0.3, -0.25) is 0 Å². The average Bonchev–Trinajstić information content (AvgIpc) is 2.48. The van der Waals surface area contributed by atoms with Gasteiger partial charge in [0.25, 0.3) is 0 Å². The summed E-state index contributed by atoms with van der Waals surface area (Å²) in [5.41, 5.74) is 7.28. The Morgan fingerprint density at radius 3 is 2.64 bits per heavy atom. The molecular formula is C9H9ClN4. The summed E-state index contributed by atoms with van der Waals surface area (Å²) in [6.07, 6.45) is 0. The predicted molar refractivity (Wildman–Crippen MR) is 55.9 cm³/mol. The minimum absolute atomic E-state index is 0.389. The number of hydrogen-bond donors (Lipinski definition) is 1. The number of anilines is 1. The number of nitrogen functional groups attached to an aromatic ring is 1. The van der Waals surface area contributed by atoms with Crippen LogP contribution in [0.15, 0.2) is 24.3 Å². The van der Waals surface area contributed by atoms with Gasteiger partial charge < -0.3 is 5.73 Å². The SMILES string of the molecule is Cn1nnc(N)c1-c1ccccc1Cl. The van der Waals surface area contributed by atoms with Crippen molar-refractivity contribution in [3.05, 3.63) is 29.3 Å². The van der Waals surface area contributed by atoms with Crippen LogP contribution in [-0.2, 0) is 7.05 Å². The van der Waals surface area contributed by atoms with Crippen LogP contribution >= 0.6 is 11.6 Å². The molecule has 2 rings (SSSR count). The van der Waals surface area contributed by atoms with Crippen molar-refractivity contribution in [3.63, 3.8) is 0 Å². The minimum atomic E-state index is 0.389. The molecule has 0 bridgehead atoms. The minimum Gasteiger partial charge on any atom is -0.380 e. The zero-order valence-corrected chi connectivity index (χ0v) is 8.36. The lowest BCUT2D eigenvalue weighted by Gasteiger charge is -2.03. The highest BCUT2D eigenvalue weighted by molar-refractivity contribution is 6.33. The second-order valence-electron chi connectivity index (χ2n) is 2.93. The van der Waals surface area contributed by atoms with Crippen molar-refractivity contribution in [1.82, 2.24) is 15.0 Å². The van der Waals surface area contributed by atoms with Crippen LogP contribution in [0.3, 0.4) is 0 Å². The molecule has 1 heterocycles. The molecule has 2 N–H and O–H groups in total. The van der Waals surface area contributed by atoms with Crippen molar-refractivity contribution < 1.29 is 0 Å². The zero-order valence-electron chi connectivity index (χ0n) is 7.61. The monoisotopic (exact) mass is 208 g/mol. The first-order valence-electron chi connectivity index (χ1n) is 4.10. The van der Waals surface area contributed by atoms with Crippen molar-refractivity contribution in [2.24, 2.45) is 7.05 Å². The normalized spacial score (nSPS) is 10.4. The van der Waals surface area contributed by atoms with Gasteiger partial charge in [-0.1, -0.05) is 35.0 Å². The van der Waals surface area contributed by atoms with Crippen molar-refractivity contribution in [1.29, 1.82) is 0 Å². The predicted octanol–water partition coefficient (Wildman–Crippen LogP) is 1.72. The van der Waals surface area contributed by atoms with Crippen LogP contribution in [0, 0.1) is 0 Å². The zero-order chi connectivity index (χ0) is 10.1. The quantitative estimate of drug-likeness (QED) is 0.777. The fourth-order valence-electron chi connectivity index (χ4n) is 1.34. The van der Waals surface area contributed by atoms with Gasteiger partial charge in [-0.05, 0) is 6.07 Å². The second-order valence-corrected chi connectivity index (χ2v) is 3.33. The number of halogens is 1. The van der Waals surface area contributed by atoms with Crippen molar-refractivity contribution in [2.75, 3.05) is 5.73 Å². The second kappa shape index (κ2) is 3.31. The molecule has 0 spiro atoms. The van der Waals surface area contributed by atoms with Gasteiger partial charge in [0.1, 0.15) is 5.69 Å². The topological polar surface area (TPSA) is 56.7 Å². The molecule has 5 heteroatoms. The molecule has 0 aliphatic rings. The summed E-state index contributed by atoms with van der Waals surface area (Å²) < 4.78 is 1.61. The molecule has 0 aliphatic heterocycles. The van der Waals surface area contributed by atoms with Crippen LogP contribution in [-0.4, -0.2) is 15.0 Å². The third-order valence-electron chi connectivity index (χ3n) is 1.98. The summed E-state index contributed by atoms with van der Waals surface area (Å²) in [6.45, 7) is 0. The smallest absolute Gasteiger partial charge is 0.174 e. The Hall–Kier alpha value is -1.55. The highest BCUT2D eigenvalue weighted by atomic mass is 35.5. The molecule has 0 atom stereocenters. The van der Waals surface area contributed by atoms with Gasteiger partial charge in [-0.2, -0.15) is 0 Å². The highest BCUT2D eigenvalue weighted by Gasteiger charge is 2.12. The van der Waals surface area contributed by atoms with Gasteiger partial charge in [0.15, 0.2) is 5.82 Å². The third kappa shape index (κ3) is 1.33. The Labute approximate surface area is 86.3 Å². The number of rotatable bonds is 1. The van der Waals surface area contributed by atoms with Crippen molar-refractivity contribution in [3.8, 4) is 11.3 Å².